The molecule has 2 heterocycles. The second-order valence-corrected chi connectivity index (χ2v) is 10.3. The summed E-state index contributed by atoms with van der Waals surface area (Å²) in [5, 5.41) is 0. The lowest BCUT2D eigenvalue weighted by Crippen LogP contribution is -2.40. The second-order valence-electron chi connectivity index (χ2n) is 8.48. The fourth-order valence-electron chi connectivity index (χ4n) is 4.35. The third-order valence-electron chi connectivity index (χ3n) is 6.16. The molecule has 0 N–H and O–H groups in total. The molecule has 0 bridgehead atoms. The maximum absolute atomic E-state index is 13.9. The zero-order valence-corrected chi connectivity index (χ0v) is 24.5. The topological polar surface area (TPSA) is 88.4 Å². The van der Waals surface area contributed by atoms with Gasteiger partial charge < -0.3 is 18.9 Å². The van der Waals surface area contributed by atoms with Gasteiger partial charge in [0.05, 0.1) is 49.3 Å². The summed E-state index contributed by atoms with van der Waals surface area (Å²) in [5.41, 5.74) is 3.02. The highest BCUT2D eigenvalue weighted by Gasteiger charge is 2.35. The number of halogens is 1. The summed E-state index contributed by atoms with van der Waals surface area (Å²) in [6.07, 6.45) is 1.84. The van der Waals surface area contributed by atoms with Crippen LogP contribution in [0, 0.1) is 6.92 Å². The van der Waals surface area contributed by atoms with Gasteiger partial charge in [0, 0.05) is 4.47 Å². The highest BCUT2D eigenvalue weighted by atomic mass is 79.9. The van der Waals surface area contributed by atoms with E-state index >= 15 is 0 Å². The average Bonchev–Trinajstić information content (AvgIpc) is 3.19. The van der Waals surface area contributed by atoms with Crippen LogP contribution in [0.5, 0.6) is 17.2 Å². The summed E-state index contributed by atoms with van der Waals surface area (Å²) in [7, 11) is 3.16. The van der Waals surface area contributed by atoms with E-state index in [0.29, 0.717) is 48.7 Å². The van der Waals surface area contributed by atoms with Crippen LogP contribution >= 0.6 is 27.3 Å². The SMILES string of the molecule is CCOC(=O)C1=C(C)N=c2s/c(=C/c3ccc(OC)cc3C)c(=O)n2[C@H]1c1cc(OC)c(OCC)cc1Br. The van der Waals surface area contributed by atoms with Crippen molar-refractivity contribution in [2.24, 2.45) is 4.99 Å². The minimum Gasteiger partial charge on any atom is -0.497 e. The van der Waals surface area contributed by atoms with Crippen molar-refractivity contribution < 1.29 is 23.7 Å². The van der Waals surface area contributed by atoms with E-state index in [2.05, 4.69) is 20.9 Å². The first-order chi connectivity index (χ1) is 18.2. The van der Waals surface area contributed by atoms with E-state index in [1.807, 2.05) is 38.1 Å². The molecule has 4 rings (SSSR count). The summed E-state index contributed by atoms with van der Waals surface area (Å²) in [5.74, 6) is 1.24. The minimum absolute atomic E-state index is 0.192. The van der Waals surface area contributed by atoms with Crippen LogP contribution in [-0.2, 0) is 9.53 Å². The third-order valence-corrected chi connectivity index (χ3v) is 7.83. The molecule has 0 fully saturated rings. The lowest BCUT2D eigenvalue weighted by molar-refractivity contribution is -0.139. The number of nitrogens with zero attached hydrogens (tertiary/aromatic N) is 2. The standard InChI is InChI=1S/C28H29BrN2O6S/c1-7-36-22-14-20(29)19(13-21(22)35-6)25-24(27(33)37-8-2)16(4)30-28-31(25)26(32)23(38-28)12-17-9-10-18(34-5)11-15(17)3/h9-14,25H,7-8H2,1-6H3/b23-12+/t25-/m0/s1. The molecule has 0 amide bonds. The maximum Gasteiger partial charge on any atom is 0.338 e. The maximum atomic E-state index is 13.9. The van der Waals surface area contributed by atoms with E-state index in [9.17, 15) is 9.59 Å². The number of aromatic nitrogens is 1. The smallest absolute Gasteiger partial charge is 0.338 e. The molecule has 0 radical (unpaired) electrons. The number of methoxy groups -OCH3 is 2. The Morgan fingerprint density at radius 2 is 1.87 bits per heavy atom. The number of aryl methyl sites for hydroxylation is 1. The number of carbonyl (C=O) groups is 1. The van der Waals surface area contributed by atoms with E-state index in [4.69, 9.17) is 18.9 Å². The minimum atomic E-state index is -0.789. The van der Waals surface area contributed by atoms with Crippen LogP contribution in [0.25, 0.3) is 6.08 Å². The predicted molar refractivity (Wildman–Crippen MR) is 150 cm³/mol. The number of rotatable bonds is 8. The van der Waals surface area contributed by atoms with Crippen molar-refractivity contribution in [1.82, 2.24) is 4.57 Å². The first-order valence-corrected chi connectivity index (χ1v) is 13.7. The molecule has 0 spiro atoms. The molecule has 0 saturated heterocycles. The van der Waals surface area contributed by atoms with E-state index in [1.54, 1.807) is 44.8 Å². The highest BCUT2D eigenvalue weighted by Crippen LogP contribution is 2.41. The van der Waals surface area contributed by atoms with Gasteiger partial charge in [0.15, 0.2) is 16.3 Å². The summed E-state index contributed by atoms with van der Waals surface area (Å²) < 4.78 is 24.7. The monoisotopic (exact) mass is 600 g/mol. The van der Waals surface area contributed by atoms with Crippen molar-refractivity contribution in [3.05, 3.63) is 82.5 Å². The first-order valence-electron chi connectivity index (χ1n) is 12.1. The van der Waals surface area contributed by atoms with Gasteiger partial charge in [-0.1, -0.05) is 33.3 Å². The number of benzene rings is 2. The summed E-state index contributed by atoms with van der Waals surface area (Å²) in [6.45, 7) is 7.98. The van der Waals surface area contributed by atoms with Gasteiger partial charge in [-0.25, -0.2) is 9.79 Å². The lowest BCUT2D eigenvalue weighted by Gasteiger charge is -2.26. The fourth-order valence-corrected chi connectivity index (χ4v) is 5.93. The number of esters is 1. The number of fused-ring (bicyclic) bond motifs is 1. The Balaban J connectivity index is 1.99. The van der Waals surface area contributed by atoms with Crippen LogP contribution in [0.2, 0.25) is 0 Å². The Morgan fingerprint density at radius 1 is 1.11 bits per heavy atom. The Bertz CT molecular complexity index is 1600. The Kier molecular flexibility index (Phi) is 8.42. The number of hydrogen-bond acceptors (Lipinski definition) is 8. The van der Waals surface area contributed by atoms with Gasteiger partial charge in [-0.15, -0.1) is 0 Å². The largest absolute Gasteiger partial charge is 0.497 e. The average molecular weight is 602 g/mol. The first kappa shape index (κ1) is 27.7. The van der Waals surface area contributed by atoms with Gasteiger partial charge in [-0.2, -0.15) is 0 Å². The number of allylic oxidation sites excluding steroid dienone is 1. The quantitative estimate of drug-likeness (QED) is 0.359. The van der Waals surface area contributed by atoms with Crippen LogP contribution in [-0.4, -0.2) is 38.0 Å². The molecule has 38 heavy (non-hydrogen) atoms. The van der Waals surface area contributed by atoms with Crippen LogP contribution < -0.4 is 29.1 Å². The van der Waals surface area contributed by atoms with Crippen molar-refractivity contribution in [3.8, 4) is 17.2 Å². The molecular formula is C28H29BrN2O6S. The van der Waals surface area contributed by atoms with Crippen LogP contribution in [0.15, 0.2) is 55.9 Å². The van der Waals surface area contributed by atoms with Crippen molar-refractivity contribution >= 4 is 39.3 Å². The van der Waals surface area contributed by atoms with Crippen LogP contribution in [0.4, 0.5) is 0 Å². The normalized spacial score (nSPS) is 15.1. The van der Waals surface area contributed by atoms with Crippen molar-refractivity contribution in [2.75, 3.05) is 27.4 Å². The molecular weight excluding hydrogens is 572 g/mol. The van der Waals surface area contributed by atoms with Crippen molar-refractivity contribution in [1.29, 1.82) is 0 Å². The molecule has 2 aromatic carbocycles. The van der Waals surface area contributed by atoms with Crippen LogP contribution in [0.3, 0.4) is 0 Å². The predicted octanol–water partition coefficient (Wildman–Crippen LogP) is 4.29. The Morgan fingerprint density at radius 3 is 2.50 bits per heavy atom. The van der Waals surface area contributed by atoms with E-state index in [-0.39, 0.29) is 12.2 Å². The number of thiazole rings is 1. The van der Waals surface area contributed by atoms with E-state index in [0.717, 1.165) is 16.9 Å². The molecule has 1 aliphatic rings. The van der Waals surface area contributed by atoms with Crippen LogP contribution in [0.1, 0.15) is 43.5 Å². The molecule has 10 heteroatoms. The highest BCUT2D eigenvalue weighted by molar-refractivity contribution is 9.10. The van der Waals surface area contributed by atoms with Gasteiger partial charge in [-0.3, -0.25) is 9.36 Å². The van der Waals surface area contributed by atoms with Gasteiger partial charge >= 0.3 is 5.97 Å². The number of ether oxygens (including phenoxy) is 4. The molecule has 1 atom stereocenters. The lowest BCUT2D eigenvalue weighted by atomic mass is 9.95. The van der Waals surface area contributed by atoms with Crippen molar-refractivity contribution in [3.63, 3.8) is 0 Å². The van der Waals surface area contributed by atoms with E-state index < -0.39 is 12.0 Å². The zero-order chi connectivity index (χ0) is 27.6. The molecule has 3 aromatic rings. The Hall–Kier alpha value is -3.37. The van der Waals surface area contributed by atoms with Gasteiger partial charge in [0.25, 0.3) is 5.56 Å². The molecule has 200 valence electrons. The fraction of sp³-hybridized carbons (Fsp3) is 0.321. The van der Waals surface area contributed by atoms with E-state index in [1.165, 1.54) is 11.3 Å². The molecule has 1 aliphatic heterocycles. The van der Waals surface area contributed by atoms with Crippen molar-refractivity contribution in [2.45, 2.75) is 33.7 Å². The summed E-state index contributed by atoms with van der Waals surface area (Å²) in [6, 6.07) is 8.45. The summed E-state index contributed by atoms with van der Waals surface area (Å²) >= 11 is 4.91. The summed E-state index contributed by atoms with van der Waals surface area (Å²) in [4.78, 5) is 32.3. The molecule has 0 aliphatic carbocycles. The molecule has 1 aromatic heterocycles. The molecule has 8 nitrogen and oxygen atoms in total. The van der Waals surface area contributed by atoms with Gasteiger partial charge in [0.2, 0.25) is 0 Å². The Labute approximate surface area is 233 Å². The molecule has 0 saturated carbocycles. The zero-order valence-electron chi connectivity index (χ0n) is 22.1. The van der Waals surface area contributed by atoms with Gasteiger partial charge in [0.1, 0.15) is 5.75 Å². The molecule has 0 unspecified atom stereocenters. The number of carbonyl (C=O) groups excluding carboxylic acids is 1. The van der Waals surface area contributed by atoms with Gasteiger partial charge in [-0.05, 0) is 74.7 Å². The number of hydrogen-bond donors (Lipinski definition) is 0. The third kappa shape index (κ3) is 5.15. The second kappa shape index (κ2) is 11.6.